The molecule has 0 radical (unpaired) electrons. The second-order valence-corrected chi connectivity index (χ2v) is 17.6. The average Bonchev–Trinajstić information content (AvgIpc) is 3.39. The number of carbonyl (C=O) groups excluding carboxylic acids is 2. The zero-order valence-corrected chi connectivity index (χ0v) is 27.3. The van der Waals surface area contributed by atoms with Gasteiger partial charge in [0.1, 0.15) is 0 Å². The minimum atomic E-state index is -2.91. The zero-order chi connectivity index (χ0) is 29.8. The molecule has 0 bridgehead atoms. The van der Waals surface area contributed by atoms with Crippen LogP contribution in [0.15, 0.2) is 72.8 Å². The molecule has 3 heterocycles. The Balaban J connectivity index is 1.33. The number of nitrogens with zero attached hydrogens (tertiary/aromatic N) is 2. The minimum Gasteiger partial charge on any atom is -0.432 e. The molecule has 0 aromatic heterocycles. The fourth-order valence-corrected chi connectivity index (χ4v) is 10.4. The van der Waals surface area contributed by atoms with Crippen molar-refractivity contribution in [3.05, 3.63) is 98.6 Å². The Morgan fingerprint density at radius 3 is 2.40 bits per heavy atom. The van der Waals surface area contributed by atoms with Crippen LogP contribution in [-0.4, -0.2) is 53.7 Å². The summed E-state index contributed by atoms with van der Waals surface area (Å²) in [4.78, 5) is 43.6. The van der Waals surface area contributed by atoms with Gasteiger partial charge in [-0.2, -0.15) is 0 Å². The fraction of sp³-hybridized carbons (Fsp3) is 0.394. The number of benzene rings is 3. The molecule has 3 aromatic carbocycles. The van der Waals surface area contributed by atoms with Gasteiger partial charge < -0.3 is 24.4 Å². The normalized spacial score (nSPS) is 27.0. The van der Waals surface area contributed by atoms with Gasteiger partial charge in [-0.15, -0.1) is 0 Å². The molecule has 3 aliphatic rings. The lowest BCUT2D eigenvalue weighted by atomic mass is 9.82. The molecule has 5 atom stereocenters. The molecule has 1 spiro atoms. The molecule has 1 fully saturated rings. The summed E-state index contributed by atoms with van der Waals surface area (Å²) in [7, 11) is -2.91. The second-order valence-electron chi connectivity index (χ2n) is 12.4. The highest BCUT2D eigenvalue weighted by atomic mass is 127. The number of aliphatic hydroxyl groups excluding tert-OH is 1. The molecule has 7 nitrogen and oxygen atoms in total. The van der Waals surface area contributed by atoms with Gasteiger partial charge >= 0.3 is 0 Å². The predicted molar refractivity (Wildman–Crippen MR) is 172 cm³/mol. The van der Waals surface area contributed by atoms with E-state index in [4.69, 9.17) is 4.74 Å². The van der Waals surface area contributed by atoms with Crippen LogP contribution in [0.2, 0.25) is 18.6 Å². The molecular weight excluding hydrogens is 659 g/mol. The Bertz CT molecular complexity index is 1510. The first kappa shape index (κ1) is 29.5. The zero-order valence-electron chi connectivity index (χ0n) is 24.2. The van der Waals surface area contributed by atoms with Gasteiger partial charge in [0.2, 0.25) is 5.91 Å². The molecule has 0 saturated carbocycles. The number of anilines is 1. The van der Waals surface area contributed by atoms with E-state index in [2.05, 4.69) is 22.6 Å². The Morgan fingerprint density at radius 2 is 1.71 bits per heavy atom. The number of para-hydroxylation sites is 1. The minimum absolute atomic E-state index is 0.0407. The summed E-state index contributed by atoms with van der Waals surface area (Å²) >= 11 is 2.27. The largest absolute Gasteiger partial charge is 0.432 e. The summed E-state index contributed by atoms with van der Waals surface area (Å²) in [5.74, 6) is -0.614. The summed E-state index contributed by atoms with van der Waals surface area (Å²) < 4.78 is 7.98. The molecule has 220 valence electrons. The van der Waals surface area contributed by atoms with Crippen LogP contribution in [0.1, 0.15) is 35.6 Å². The van der Waals surface area contributed by atoms with Crippen molar-refractivity contribution in [1.82, 2.24) is 4.90 Å². The molecule has 2 N–H and O–H groups in total. The lowest BCUT2D eigenvalue weighted by Crippen LogP contribution is -2.48. The number of fused-ring (bicyclic) bond motifs is 3. The standard InChI is InChI=1S/C33H37IN2O5Si/c1-21-31(42(2,3)40)29(17-30(38)35-19-24-9-5-4-8-23(24)16-26(35)20-37)41-33(21)27-10-6-7-11-28(27)36(32(33)39)18-22-12-14-25(34)15-13-22/h4-15,21,26,29,31,37,40H,16-20H2,1-3H3/t21-,26+,29+,31-,33+/m1/s1. The van der Waals surface area contributed by atoms with Crippen molar-refractivity contribution in [3.8, 4) is 0 Å². The lowest BCUT2D eigenvalue weighted by Gasteiger charge is -2.37. The van der Waals surface area contributed by atoms with Crippen molar-refractivity contribution < 1.29 is 24.2 Å². The molecule has 42 heavy (non-hydrogen) atoms. The smallest absolute Gasteiger partial charge is 0.264 e. The van der Waals surface area contributed by atoms with Crippen LogP contribution in [0, 0.1) is 9.49 Å². The van der Waals surface area contributed by atoms with Gasteiger partial charge in [-0.05, 0) is 77.0 Å². The molecule has 3 aliphatic heterocycles. The highest BCUT2D eigenvalue weighted by Gasteiger charge is 2.66. The Labute approximate surface area is 261 Å². The third-order valence-corrected chi connectivity index (χ3v) is 12.6. The van der Waals surface area contributed by atoms with E-state index >= 15 is 0 Å². The van der Waals surface area contributed by atoms with Crippen LogP contribution in [0.5, 0.6) is 0 Å². The summed E-state index contributed by atoms with van der Waals surface area (Å²) in [6.07, 6.45) is -0.00215. The molecule has 0 unspecified atom stereocenters. The third kappa shape index (κ3) is 4.92. The maximum atomic E-state index is 14.5. The maximum absolute atomic E-state index is 14.5. The number of aliphatic hydroxyl groups is 1. The number of halogens is 1. The highest BCUT2D eigenvalue weighted by molar-refractivity contribution is 14.1. The van der Waals surface area contributed by atoms with Crippen LogP contribution in [0.25, 0.3) is 0 Å². The van der Waals surface area contributed by atoms with Gasteiger partial charge in [-0.25, -0.2) is 0 Å². The fourth-order valence-electron chi connectivity index (χ4n) is 7.49. The highest BCUT2D eigenvalue weighted by Crippen LogP contribution is 2.59. The Morgan fingerprint density at radius 1 is 1.05 bits per heavy atom. The number of rotatable bonds is 6. The number of hydrogen-bond donors (Lipinski definition) is 2. The van der Waals surface area contributed by atoms with E-state index in [0.29, 0.717) is 19.5 Å². The van der Waals surface area contributed by atoms with E-state index in [-0.39, 0.29) is 42.3 Å². The van der Waals surface area contributed by atoms with Crippen LogP contribution in [0.4, 0.5) is 5.69 Å². The number of ether oxygens (including phenoxy) is 1. The van der Waals surface area contributed by atoms with E-state index < -0.39 is 20.0 Å². The van der Waals surface area contributed by atoms with Gasteiger partial charge in [0.25, 0.3) is 5.91 Å². The van der Waals surface area contributed by atoms with Crippen LogP contribution in [0.3, 0.4) is 0 Å². The van der Waals surface area contributed by atoms with Gasteiger partial charge in [0.05, 0.1) is 37.4 Å². The van der Waals surface area contributed by atoms with E-state index in [1.807, 2.05) is 92.8 Å². The van der Waals surface area contributed by atoms with Crippen molar-refractivity contribution in [2.75, 3.05) is 11.5 Å². The first-order valence-electron chi connectivity index (χ1n) is 14.6. The number of hydrogen-bond acceptors (Lipinski definition) is 5. The summed E-state index contributed by atoms with van der Waals surface area (Å²) in [5, 5.41) is 10.2. The molecule has 0 aliphatic carbocycles. The van der Waals surface area contributed by atoms with Gasteiger partial charge in [0, 0.05) is 27.1 Å². The van der Waals surface area contributed by atoms with Crippen LogP contribution >= 0.6 is 22.6 Å². The second kappa shape index (κ2) is 11.2. The topological polar surface area (TPSA) is 90.3 Å². The van der Waals surface area contributed by atoms with Gasteiger partial charge in [-0.1, -0.05) is 61.5 Å². The van der Waals surface area contributed by atoms with Crippen molar-refractivity contribution >= 4 is 48.4 Å². The van der Waals surface area contributed by atoms with Crippen molar-refractivity contribution in [3.63, 3.8) is 0 Å². The van der Waals surface area contributed by atoms with Crippen molar-refractivity contribution in [2.45, 2.75) is 69.2 Å². The molecule has 6 rings (SSSR count). The van der Waals surface area contributed by atoms with Crippen LogP contribution < -0.4 is 4.90 Å². The maximum Gasteiger partial charge on any atom is 0.264 e. The third-order valence-electron chi connectivity index (χ3n) is 9.41. The molecule has 2 amide bonds. The summed E-state index contributed by atoms with van der Waals surface area (Å²) in [6, 6.07) is 23.6. The summed E-state index contributed by atoms with van der Waals surface area (Å²) in [6.45, 7) is 6.44. The van der Waals surface area contributed by atoms with E-state index in [0.717, 1.165) is 31.5 Å². The number of carbonyl (C=O) groups is 2. The quantitative estimate of drug-likeness (QED) is 0.281. The van der Waals surface area contributed by atoms with Crippen molar-refractivity contribution in [1.29, 1.82) is 0 Å². The van der Waals surface area contributed by atoms with Crippen molar-refractivity contribution in [2.24, 2.45) is 5.92 Å². The van der Waals surface area contributed by atoms with E-state index in [1.165, 1.54) is 0 Å². The average molecular weight is 697 g/mol. The molecule has 9 heteroatoms. The van der Waals surface area contributed by atoms with Gasteiger partial charge in [-0.3, -0.25) is 9.59 Å². The molecular formula is C33H37IN2O5Si. The molecule has 3 aromatic rings. The van der Waals surface area contributed by atoms with Gasteiger partial charge in [0.15, 0.2) is 13.9 Å². The first-order chi connectivity index (χ1) is 20.0. The van der Waals surface area contributed by atoms with E-state index in [9.17, 15) is 19.5 Å². The Kier molecular flexibility index (Phi) is 7.84. The van der Waals surface area contributed by atoms with Crippen LogP contribution in [-0.2, 0) is 39.4 Å². The predicted octanol–water partition coefficient (Wildman–Crippen LogP) is 4.97. The monoisotopic (exact) mass is 696 g/mol. The van der Waals surface area contributed by atoms with E-state index in [1.54, 1.807) is 9.80 Å². The lowest BCUT2D eigenvalue weighted by molar-refractivity contribution is -0.151. The number of amides is 2. The first-order valence-corrected chi connectivity index (χ1v) is 18.7. The SMILES string of the molecule is C[C@@H]1[C@@H]([Si](C)(C)O)[C@H](CC(=O)N2Cc3ccccc3C[C@H]2CO)O[C@@]12C(=O)N(Cc1ccc(I)cc1)c1ccccc12. The Hall–Kier alpha value is -2.57. The summed E-state index contributed by atoms with van der Waals surface area (Å²) in [5.41, 5.74) is 3.21. The molecule has 1 saturated heterocycles.